The van der Waals surface area contributed by atoms with Gasteiger partial charge < -0.3 is 5.32 Å². The molecule has 3 unspecified atom stereocenters. The molecule has 1 aliphatic heterocycles. The minimum absolute atomic E-state index is 0.661. The van der Waals surface area contributed by atoms with Gasteiger partial charge in [0.1, 0.15) is 0 Å². The molecule has 0 saturated carbocycles. The van der Waals surface area contributed by atoms with E-state index in [1.54, 1.807) is 11.1 Å². The normalized spacial score (nSPS) is 29.2. The molecule has 0 spiro atoms. The Kier molecular flexibility index (Phi) is 4.66. The first kappa shape index (κ1) is 15.1. The van der Waals surface area contributed by atoms with Gasteiger partial charge in [-0.15, -0.1) is 0 Å². The van der Waals surface area contributed by atoms with Gasteiger partial charge in [0, 0.05) is 37.6 Å². The predicted molar refractivity (Wildman–Crippen MR) is 89.8 cm³/mol. The van der Waals surface area contributed by atoms with Crippen molar-refractivity contribution in [1.29, 1.82) is 0 Å². The summed E-state index contributed by atoms with van der Waals surface area (Å²) in [7, 11) is 0. The maximum Gasteiger partial charge on any atom is 0.0221 e. The van der Waals surface area contributed by atoms with Crippen LogP contribution in [0.15, 0.2) is 24.3 Å². The van der Waals surface area contributed by atoms with Crippen molar-refractivity contribution in [3.63, 3.8) is 0 Å². The fraction of sp³-hybridized carbons (Fsp3) is 0.684. The summed E-state index contributed by atoms with van der Waals surface area (Å²) in [6, 6.07) is 10.4. The summed E-state index contributed by atoms with van der Waals surface area (Å²) in [4.78, 5) is 2.78. The standard InChI is InChI=1S/C19H30N2/c1-4-7-17-11-20-19(14(2)3)13-21(17)12-16-10-15-8-5-6-9-18(15)16/h5-6,8-9,14,16-17,19-20H,4,7,10-13H2,1-3H3. The first-order chi connectivity index (χ1) is 10.2. The van der Waals surface area contributed by atoms with E-state index in [9.17, 15) is 0 Å². The molecule has 1 N–H and O–H groups in total. The molecule has 1 aromatic carbocycles. The van der Waals surface area contributed by atoms with Crippen molar-refractivity contribution in [3.05, 3.63) is 35.4 Å². The van der Waals surface area contributed by atoms with Crippen LogP contribution in [0.5, 0.6) is 0 Å². The van der Waals surface area contributed by atoms with Crippen molar-refractivity contribution in [2.24, 2.45) is 5.92 Å². The summed E-state index contributed by atoms with van der Waals surface area (Å²) in [5.41, 5.74) is 3.18. The van der Waals surface area contributed by atoms with Gasteiger partial charge in [-0.1, -0.05) is 51.5 Å². The summed E-state index contributed by atoms with van der Waals surface area (Å²) < 4.78 is 0. The van der Waals surface area contributed by atoms with Gasteiger partial charge in [-0.05, 0) is 29.9 Å². The average molecular weight is 286 g/mol. The Balaban J connectivity index is 1.66. The molecule has 1 fully saturated rings. The van der Waals surface area contributed by atoms with Crippen LogP contribution >= 0.6 is 0 Å². The third kappa shape index (κ3) is 3.17. The fourth-order valence-corrected chi connectivity index (χ4v) is 3.98. The average Bonchev–Trinajstić information content (AvgIpc) is 2.46. The van der Waals surface area contributed by atoms with E-state index in [1.165, 1.54) is 38.9 Å². The van der Waals surface area contributed by atoms with Crippen molar-refractivity contribution in [1.82, 2.24) is 10.2 Å². The van der Waals surface area contributed by atoms with Crippen LogP contribution in [0.4, 0.5) is 0 Å². The van der Waals surface area contributed by atoms with E-state index in [0.29, 0.717) is 6.04 Å². The Bertz CT molecular complexity index is 468. The van der Waals surface area contributed by atoms with Crippen molar-refractivity contribution < 1.29 is 0 Å². The second-order valence-corrected chi connectivity index (χ2v) is 7.26. The molecule has 3 rings (SSSR count). The Morgan fingerprint density at radius 2 is 2.10 bits per heavy atom. The summed E-state index contributed by atoms with van der Waals surface area (Å²) in [6.45, 7) is 10.6. The SMILES string of the molecule is CCCC1CNC(C(C)C)CN1CC1Cc2ccccc21. The number of hydrogen-bond acceptors (Lipinski definition) is 2. The highest BCUT2D eigenvalue weighted by Gasteiger charge is 2.33. The van der Waals surface area contributed by atoms with Gasteiger partial charge in [0.05, 0.1) is 0 Å². The van der Waals surface area contributed by atoms with Crippen LogP contribution in [0, 0.1) is 5.92 Å². The number of nitrogens with zero attached hydrogens (tertiary/aromatic N) is 1. The van der Waals surface area contributed by atoms with Gasteiger partial charge in [-0.3, -0.25) is 4.90 Å². The topological polar surface area (TPSA) is 15.3 Å². The first-order valence-corrected chi connectivity index (χ1v) is 8.74. The highest BCUT2D eigenvalue weighted by atomic mass is 15.2. The molecule has 1 saturated heterocycles. The summed E-state index contributed by atoms with van der Waals surface area (Å²) in [5, 5.41) is 3.77. The van der Waals surface area contributed by atoms with Gasteiger partial charge in [0.15, 0.2) is 0 Å². The van der Waals surface area contributed by atoms with E-state index in [1.807, 2.05) is 0 Å². The summed E-state index contributed by atoms with van der Waals surface area (Å²) >= 11 is 0. The molecule has 0 amide bonds. The molecule has 1 aromatic rings. The fourth-order valence-electron chi connectivity index (χ4n) is 3.98. The minimum atomic E-state index is 0.661. The summed E-state index contributed by atoms with van der Waals surface area (Å²) in [5.74, 6) is 1.50. The van der Waals surface area contributed by atoms with Crippen LogP contribution in [0.3, 0.4) is 0 Å². The molecule has 116 valence electrons. The van der Waals surface area contributed by atoms with Crippen LogP contribution in [0.25, 0.3) is 0 Å². The zero-order valence-corrected chi connectivity index (χ0v) is 13.8. The second-order valence-electron chi connectivity index (χ2n) is 7.26. The van der Waals surface area contributed by atoms with Gasteiger partial charge in [-0.2, -0.15) is 0 Å². The maximum atomic E-state index is 3.77. The molecule has 2 aliphatic rings. The molecule has 3 atom stereocenters. The molecular weight excluding hydrogens is 256 g/mol. The Morgan fingerprint density at radius 1 is 1.29 bits per heavy atom. The lowest BCUT2D eigenvalue weighted by Gasteiger charge is -2.45. The molecule has 1 aliphatic carbocycles. The van der Waals surface area contributed by atoms with Crippen molar-refractivity contribution >= 4 is 0 Å². The third-order valence-electron chi connectivity index (χ3n) is 5.41. The molecule has 1 heterocycles. The second kappa shape index (κ2) is 6.50. The van der Waals surface area contributed by atoms with Gasteiger partial charge in [0.2, 0.25) is 0 Å². The lowest BCUT2D eigenvalue weighted by molar-refractivity contribution is 0.0972. The molecule has 2 heteroatoms. The molecule has 21 heavy (non-hydrogen) atoms. The zero-order chi connectivity index (χ0) is 14.8. The van der Waals surface area contributed by atoms with E-state index < -0.39 is 0 Å². The van der Waals surface area contributed by atoms with E-state index in [4.69, 9.17) is 0 Å². The zero-order valence-electron chi connectivity index (χ0n) is 13.8. The Labute approximate surface area is 129 Å². The molecule has 0 bridgehead atoms. The quantitative estimate of drug-likeness (QED) is 0.892. The summed E-state index contributed by atoms with van der Waals surface area (Å²) in [6.07, 6.45) is 3.90. The molecular formula is C19H30N2. The highest BCUT2D eigenvalue weighted by Crippen LogP contribution is 2.36. The van der Waals surface area contributed by atoms with Gasteiger partial charge in [0.25, 0.3) is 0 Å². The van der Waals surface area contributed by atoms with E-state index in [-0.39, 0.29) is 0 Å². The largest absolute Gasteiger partial charge is 0.311 e. The number of rotatable bonds is 5. The smallest absolute Gasteiger partial charge is 0.0221 e. The Morgan fingerprint density at radius 3 is 2.81 bits per heavy atom. The maximum absolute atomic E-state index is 3.77. The monoisotopic (exact) mass is 286 g/mol. The number of fused-ring (bicyclic) bond motifs is 1. The van der Waals surface area contributed by atoms with Crippen molar-refractivity contribution in [2.45, 2.75) is 58.0 Å². The number of nitrogens with one attached hydrogen (secondary N) is 1. The minimum Gasteiger partial charge on any atom is -0.311 e. The number of benzene rings is 1. The van der Waals surface area contributed by atoms with Crippen molar-refractivity contribution in [3.8, 4) is 0 Å². The molecule has 2 nitrogen and oxygen atoms in total. The van der Waals surface area contributed by atoms with Crippen LogP contribution in [-0.2, 0) is 6.42 Å². The highest BCUT2D eigenvalue weighted by molar-refractivity contribution is 5.40. The predicted octanol–water partition coefficient (Wildman–Crippen LogP) is 3.42. The van der Waals surface area contributed by atoms with Gasteiger partial charge >= 0.3 is 0 Å². The van der Waals surface area contributed by atoms with Crippen LogP contribution in [0.2, 0.25) is 0 Å². The van der Waals surface area contributed by atoms with E-state index in [2.05, 4.69) is 55.3 Å². The van der Waals surface area contributed by atoms with Gasteiger partial charge in [-0.25, -0.2) is 0 Å². The Hall–Kier alpha value is -0.860. The van der Waals surface area contributed by atoms with Crippen LogP contribution < -0.4 is 5.32 Å². The number of hydrogen-bond donors (Lipinski definition) is 1. The third-order valence-corrected chi connectivity index (χ3v) is 5.41. The van der Waals surface area contributed by atoms with Crippen LogP contribution in [0.1, 0.15) is 50.7 Å². The van der Waals surface area contributed by atoms with E-state index >= 15 is 0 Å². The van der Waals surface area contributed by atoms with Crippen molar-refractivity contribution in [2.75, 3.05) is 19.6 Å². The first-order valence-electron chi connectivity index (χ1n) is 8.74. The molecule has 0 aromatic heterocycles. The number of piperazine rings is 1. The lowest BCUT2D eigenvalue weighted by Crippen LogP contribution is -2.59. The van der Waals surface area contributed by atoms with E-state index in [0.717, 1.165) is 17.9 Å². The van der Waals surface area contributed by atoms with Crippen LogP contribution in [-0.4, -0.2) is 36.6 Å². The lowest BCUT2D eigenvalue weighted by atomic mass is 9.77. The molecule has 0 radical (unpaired) electrons.